The fourth-order valence-corrected chi connectivity index (χ4v) is 1.64. The number of carbonyl (C=O) groups is 2. The molecule has 18 heavy (non-hydrogen) atoms. The van der Waals surface area contributed by atoms with Gasteiger partial charge in [-0.25, -0.2) is 4.79 Å². The van der Waals surface area contributed by atoms with E-state index in [0.29, 0.717) is 19.6 Å². The lowest BCUT2D eigenvalue weighted by Gasteiger charge is -2.35. The lowest BCUT2D eigenvalue weighted by Crippen LogP contribution is -2.59. The maximum atomic E-state index is 11.9. The standard InChI is InChI=1S/C11H21N3O3.ClH/c1-11(2,3)17-10(16)14-6-5-13-7-8(14)9(15)12-4;/h8,13H,5-7H2,1-4H3,(H,12,15);1H/t8-;/m0./s1. The number of carbonyl (C=O) groups excluding carboxylic acids is 2. The molecular formula is C11H22ClN3O3. The summed E-state index contributed by atoms with van der Waals surface area (Å²) in [6.45, 7) is 7.03. The molecule has 0 aromatic carbocycles. The van der Waals surface area contributed by atoms with Crippen molar-refractivity contribution in [1.82, 2.24) is 15.5 Å². The van der Waals surface area contributed by atoms with Crippen molar-refractivity contribution in [3.8, 4) is 0 Å². The molecule has 6 nitrogen and oxygen atoms in total. The Kier molecular flexibility index (Phi) is 6.42. The molecule has 2 amide bonds. The van der Waals surface area contributed by atoms with E-state index in [1.807, 2.05) is 20.8 Å². The summed E-state index contributed by atoms with van der Waals surface area (Å²) in [4.78, 5) is 25.1. The van der Waals surface area contributed by atoms with Gasteiger partial charge in [-0.2, -0.15) is 0 Å². The van der Waals surface area contributed by atoms with Crippen LogP contribution in [0.3, 0.4) is 0 Å². The van der Waals surface area contributed by atoms with Crippen molar-refractivity contribution in [2.75, 3.05) is 26.7 Å². The van der Waals surface area contributed by atoms with Gasteiger partial charge in [0.2, 0.25) is 5.91 Å². The van der Waals surface area contributed by atoms with E-state index in [9.17, 15) is 9.59 Å². The van der Waals surface area contributed by atoms with Crippen LogP contribution in [0.15, 0.2) is 0 Å². The van der Waals surface area contributed by atoms with Crippen LogP contribution in [0, 0.1) is 0 Å². The van der Waals surface area contributed by atoms with Crippen molar-refractivity contribution < 1.29 is 14.3 Å². The number of rotatable bonds is 1. The van der Waals surface area contributed by atoms with Crippen LogP contribution in [0.4, 0.5) is 4.79 Å². The molecule has 1 saturated heterocycles. The number of ether oxygens (including phenoxy) is 1. The molecule has 1 rings (SSSR count). The van der Waals surface area contributed by atoms with E-state index in [0.717, 1.165) is 0 Å². The van der Waals surface area contributed by atoms with Crippen molar-refractivity contribution in [1.29, 1.82) is 0 Å². The average molecular weight is 280 g/mol. The number of likely N-dealkylation sites (N-methyl/N-ethyl adjacent to an activating group) is 1. The maximum absolute atomic E-state index is 11.9. The van der Waals surface area contributed by atoms with Gasteiger partial charge in [-0.3, -0.25) is 9.69 Å². The second-order valence-corrected chi connectivity index (χ2v) is 5.01. The van der Waals surface area contributed by atoms with Gasteiger partial charge in [0.1, 0.15) is 11.6 Å². The van der Waals surface area contributed by atoms with Gasteiger partial charge in [0.25, 0.3) is 0 Å². The number of hydrogen-bond donors (Lipinski definition) is 2. The Balaban J connectivity index is 0.00000289. The first kappa shape index (κ1) is 17.0. The molecule has 2 N–H and O–H groups in total. The number of halogens is 1. The molecule has 7 heteroatoms. The molecule has 0 aliphatic carbocycles. The Bertz CT molecular complexity index is 304. The molecule has 1 aliphatic heterocycles. The van der Waals surface area contributed by atoms with Crippen LogP contribution in [0.5, 0.6) is 0 Å². The highest BCUT2D eigenvalue weighted by atomic mass is 35.5. The lowest BCUT2D eigenvalue weighted by atomic mass is 10.2. The van der Waals surface area contributed by atoms with E-state index in [2.05, 4.69) is 10.6 Å². The third-order valence-corrected chi connectivity index (χ3v) is 2.42. The van der Waals surface area contributed by atoms with Gasteiger partial charge in [-0.15, -0.1) is 12.4 Å². The third kappa shape index (κ3) is 4.70. The van der Waals surface area contributed by atoms with E-state index in [-0.39, 0.29) is 18.3 Å². The Morgan fingerprint density at radius 2 is 2.00 bits per heavy atom. The first-order chi connectivity index (χ1) is 7.85. The molecule has 1 heterocycles. The summed E-state index contributed by atoms with van der Waals surface area (Å²) >= 11 is 0. The van der Waals surface area contributed by atoms with Crippen LogP contribution in [0.25, 0.3) is 0 Å². The first-order valence-corrected chi connectivity index (χ1v) is 5.77. The minimum atomic E-state index is -0.546. The zero-order valence-electron chi connectivity index (χ0n) is 11.3. The summed E-state index contributed by atoms with van der Waals surface area (Å²) in [5.74, 6) is -0.178. The lowest BCUT2D eigenvalue weighted by molar-refractivity contribution is -0.126. The maximum Gasteiger partial charge on any atom is 0.411 e. The molecule has 106 valence electrons. The second kappa shape index (κ2) is 6.80. The van der Waals surface area contributed by atoms with Gasteiger partial charge in [0.15, 0.2) is 0 Å². The second-order valence-electron chi connectivity index (χ2n) is 5.01. The van der Waals surface area contributed by atoms with Gasteiger partial charge in [-0.05, 0) is 20.8 Å². The highest BCUT2D eigenvalue weighted by Gasteiger charge is 2.34. The SMILES string of the molecule is CNC(=O)[C@@H]1CNCCN1C(=O)OC(C)(C)C.Cl. The van der Waals surface area contributed by atoms with Gasteiger partial charge in [0, 0.05) is 26.7 Å². The number of nitrogens with zero attached hydrogens (tertiary/aromatic N) is 1. The number of amides is 2. The van der Waals surface area contributed by atoms with Crippen LogP contribution >= 0.6 is 12.4 Å². The highest BCUT2D eigenvalue weighted by molar-refractivity contribution is 5.86. The van der Waals surface area contributed by atoms with Gasteiger partial charge < -0.3 is 15.4 Å². The summed E-state index contributed by atoms with van der Waals surface area (Å²) < 4.78 is 5.28. The molecule has 1 fully saturated rings. The quantitative estimate of drug-likeness (QED) is 0.727. The van der Waals surface area contributed by atoms with Crippen LogP contribution in [0.2, 0.25) is 0 Å². The van der Waals surface area contributed by atoms with Crippen LogP contribution in [0.1, 0.15) is 20.8 Å². The molecule has 0 saturated carbocycles. The van der Waals surface area contributed by atoms with Crippen LogP contribution in [-0.4, -0.2) is 55.2 Å². The van der Waals surface area contributed by atoms with E-state index in [4.69, 9.17) is 4.74 Å². The molecular weight excluding hydrogens is 258 g/mol. The normalized spacial score (nSPS) is 19.8. The molecule has 0 aromatic heterocycles. The van der Waals surface area contributed by atoms with Gasteiger partial charge in [0.05, 0.1) is 0 Å². The monoisotopic (exact) mass is 279 g/mol. The molecule has 1 aliphatic rings. The summed E-state index contributed by atoms with van der Waals surface area (Å²) in [5, 5.41) is 5.64. The molecule has 0 unspecified atom stereocenters. The number of piperazine rings is 1. The number of hydrogen-bond acceptors (Lipinski definition) is 4. The van der Waals surface area contributed by atoms with Gasteiger partial charge in [-0.1, -0.05) is 0 Å². The Morgan fingerprint density at radius 3 is 2.50 bits per heavy atom. The largest absolute Gasteiger partial charge is 0.444 e. The minimum absolute atomic E-state index is 0. The summed E-state index contributed by atoms with van der Waals surface area (Å²) in [6, 6.07) is -0.497. The van der Waals surface area contributed by atoms with Crippen LogP contribution in [-0.2, 0) is 9.53 Å². The molecule has 0 spiro atoms. The smallest absolute Gasteiger partial charge is 0.411 e. The van der Waals surface area contributed by atoms with E-state index >= 15 is 0 Å². The average Bonchev–Trinajstić information content (AvgIpc) is 2.25. The van der Waals surface area contributed by atoms with Gasteiger partial charge >= 0.3 is 6.09 Å². The first-order valence-electron chi connectivity index (χ1n) is 5.77. The fraction of sp³-hybridized carbons (Fsp3) is 0.818. The zero-order valence-corrected chi connectivity index (χ0v) is 12.1. The summed E-state index contributed by atoms with van der Waals surface area (Å²) in [7, 11) is 1.56. The molecule has 0 bridgehead atoms. The molecule has 1 atom stereocenters. The Labute approximate surface area is 114 Å². The summed E-state index contributed by atoms with van der Waals surface area (Å²) in [6.07, 6.45) is -0.437. The van der Waals surface area contributed by atoms with Crippen molar-refractivity contribution in [3.63, 3.8) is 0 Å². The minimum Gasteiger partial charge on any atom is -0.444 e. The fourth-order valence-electron chi connectivity index (χ4n) is 1.64. The predicted octanol–water partition coefficient (Wildman–Crippen LogP) is 0.363. The van der Waals surface area contributed by atoms with E-state index < -0.39 is 17.7 Å². The predicted molar refractivity (Wildman–Crippen MR) is 70.9 cm³/mol. The number of nitrogens with one attached hydrogen (secondary N) is 2. The van der Waals surface area contributed by atoms with Crippen LogP contribution < -0.4 is 10.6 Å². The Morgan fingerprint density at radius 1 is 1.39 bits per heavy atom. The third-order valence-electron chi connectivity index (χ3n) is 2.42. The van der Waals surface area contributed by atoms with E-state index in [1.54, 1.807) is 7.05 Å². The topological polar surface area (TPSA) is 70.7 Å². The van der Waals surface area contributed by atoms with Crippen molar-refractivity contribution in [3.05, 3.63) is 0 Å². The summed E-state index contributed by atoms with van der Waals surface area (Å²) in [5.41, 5.74) is -0.546. The van der Waals surface area contributed by atoms with Crippen molar-refractivity contribution >= 4 is 24.4 Å². The highest BCUT2D eigenvalue weighted by Crippen LogP contribution is 2.13. The van der Waals surface area contributed by atoms with E-state index in [1.165, 1.54) is 4.90 Å². The molecule has 0 aromatic rings. The Hall–Kier alpha value is -1.01. The molecule has 0 radical (unpaired) electrons. The van der Waals surface area contributed by atoms with Crippen molar-refractivity contribution in [2.45, 2.75) is 32.4 Å². The zero-order chi connectivity index (χ0) is 13.1. The van der Waals surface area contributed by atoms with Crippen molar-refractivity contribution in [2.24, 2.45) is 0 Å².